The zero-order chi connectivity index (χ0) is 22.3. The maximum atomic E-state index is 13.1. The largest absolute Gasteiger partial charge is 0.487 e. The van der Waals surface area contributed by atoms with Crippen molar-refractivity contribution >= 4 is 10.8 Å². The van der Waals surface area contributed by atoms with E-state index in [0.717, 1.165) is 29.2 Å². The Balaban J connectivity index is 1.50. The Bertz CT molecular complexity index is 1070. The Labute approximate surface area is 176 Å². The van der Waals surface area contributed by atoms with Gasteiger partial charge in [0, 0.05) is 11.5 Å². The summed E-state index contributed by atoms with van der Waals surface area (Å²) in [5.41, 5.74) is 8.35. The van der Waals surface area contributed by atoms with E-state index >= 15 is 0 Å². The van der Waals surface area contributed by atoms with Gasteiger partial charge in [-0.3, -0.25) is 0 Å². The maximum absolute atomic E-state index is 13.1. The molecule has 2 nitrogen and oxygen atoms in total. The lowest BCUT2D eigenvalue weighted by Gasteiger charge is -2.26. The first-order valence-corrected chi connectivity index (χ1v) is 10.0. The minimum absolute atomic E-state index is 0.0383. The van der Waals surface area contributed by atoms with Gasteiger partial charge in [0.25, 0.3) is 0 Å². The van der Waals surface area contributed by atoms with Gasteiger partial charge in [-0.05, 0) is 53.3 Å². The van der Waals surface area contributed by atoms with Crippen molar-refractivity contribution in [3.05, 3.63) is 77.9 Å². The number of benzene rings is 3. The molecule has 7 heteroatoms. The molecule has 0 saturated heterocycles. The number of ether oxygens (including phenoxy) is 1. The van der Waals surface area contributed by atoms with E-state index in [1.807, 2.05) is 18.2 Å². The van der Waals surface area contributed by atoms with Gasteiger partial charge in [-0.1, -0.05) is 54.6 Å². The van der Waals surface area contributed by atoms with Gasteiger partial charge in [-0.15, -0.1) is 0 Å². The Kier molecular flexibility index (Phi) is 5.41. The summed E-state index contributed by atoms with van der Waals surface area (Å²) in [6, 6.07) is 20.2. The van der Waals surface area contributed by atoms with Crippen LogP contribution in [-0.4, -0.2) is 24.7 Å². The van der Waals surface area contributed by atoms with Crippen molar-refractivity contribution in [2.75, 3.05) is 6.61 Å². The van der Waals surface area contributed by atoms with Crippen LogP contribution in [0.25, 0.3) is 10.8 Å². The van der Waals surface area contributed by atoms with Crippen LogP contribution in [0.5, 0.6) is 5.75 Å². The second-order valence-electron chi connectivity index (χ2n) is 8.13. The van der Waals surface area contributed by atoms with Gasteiger partial charge in [0.05, 0.1) is 0 Å². The lowest BCUT2D eigenvalue weighted by molar-refractivity contribution is -0.290. The molecular weight excluding hydrogens is 413 g/mol. The van der Waals surface area contributed by atoms with Crippen molar-refractivity contribution in [3.8, 4) is 5.75 Å². The van der Waals surface area contributed by atoms with Crippen molar-refractivity contribution < 1.29 is 26.7 Å². The smallest absolute Gasteiger partial charge is 0.456 e. The molecule has 4 rings (SSSR count). The quantitative estimate of drug-likeness (QED) is 0.461. The van der Waals surface area contributed by atoms with E-state index in [9.17, 15) is 22.0 Å². The third kappa shape index (κ3) is 4.24. The van der Waals surface area contributed by atoms with Crippen LogP contribution in [0.15, 0.2) is 66.7 Å². The monoisotopic (exact) mass is 435 g/mol. The second-order valence-corrected chi connectivity index (χ2v) is 8.13. The zero-order valence-corrected chi connectivity index (χ0v) is 16.6. The number of nitrogens with two attached hydrogens (primary N) is 1. The summed E-state index contributed by atoms with van der Waals surface area (Å²) in [4.78, 5) is 0. The minimum Gasteiger partial charge on any atom is -0.487 e. The van der Waals surface area contributed by atoms with Gasteiger partial charge in [0.15, 0.2) is 6.61 Å². The van der Waals surface area contributed by atoms with Gasteiger partial charge in [-0.2, -0.15) is 22.0 Å². The summed E-state index contributed by atoms with van der Waals surface area (Å²) in [5.74, 6) is -4.95. The van der Waals surface area contributed by atoms with Crippen LogP contribution in [0.4, 0.5) is 22.0 Å². The van der Waals surface area contributed by atoms with Crippen LogP contribution >= 0.6 is 0 Å². The second kappa shape index (κ2) is 7.79. The maximum Gasteiger partial charge on any atom is 0.456 e. The number of alkyl halides is 5. The average Bonchev–Trinajstić information content (AvgIpc) is 3.53. The first-order valence-electron chi connectivity index (χ1n) is 10.0. The fourth-order valence-corrected chi connectivity index (χ4v) is 4.10. The topological polar surface area (TPSA) is 35.2 Å². The summed E-state index contributed by atoms with van der Waals surface area (Å²) in [7, 11) is 0. The van der Waals surface area contributed by atoms with Crippen LogP contribution in [0, 0.1) is 0 Å². The van der Waals surface area contributed by atoms with E-state index in [1.165, 1.54) is 17.7 Å². The number of halogens is 5. The number of rotatable bonds is 7. The summed E-state index contributed by atoms with van der Waals surface area (Å²) in [6.45, 7) is -1.76. The van der Waals surface area contributed by atoms with E-state index in [1.54, 1.807) is 12.1 Å². The van der Waals surface area contributed by atoms with Crippen LogP contribution in [0.1, 0.15) is 24.0 Å². The first-order chi connectivity index (χ1) is 14.6. The van der Waals surface area contributed by atoms with Crippen molar-refractivity contribution in [1.82, 2.24) is 0 Å². The molecule has 1 unspecified atom stereocenters. The van der Waals surface area contributed by atoms with Gasteiger partial charge in [0.2, 0.25) is 0 Å². The number of hydrogen-bond acceptors (Lipinski definition) is 2. The SMILES string of the molecule is NC(Cc1cccc(OCC(F)(F)C(F)(F)F)c1)C1(c2cccc3ccccc23)CC1. The summed E-state index contributed by atoms with van der Waals surface area (Å²) in [5, 5.41) is 2.30. The summed E-state index contributed by atoms with van der Waals surface area (Å²) < 4.78 is 68.1. The molecule has 164 valence electrons. The minimum atomic E-state index is -5.65. The van der Waals surface area contributed by atoms with Crippen molar-refractivity contribution in [3.63, 3.8) is 0 Å². The molecule has 1 aliphatic rings. The van der Waals surface area contributed by atoms with Crippen molar-refractivity contribution in [2.24, 2.45) is 5.73 Å². The Morgan fingerprint density at radius 2 is 1.58 bits per heavy atom. The third-order valence-electron chi connectivity index (χ3n) is 6.01. The highest BCUT2D eigenvalue weighted by molar-refractivity contribution is 5.87. The number of fused-ring (bicyclic) bond motifs is 1. The average molecular weight is 435 g/mol. The third-order valence-corrected chi connectivity index (χ3v) is 6.01. The van der Waals surface area contributed by atoms with E-state index in [-0.39, 0.29) is 17.2 Å². The van der Waals surface area contributed by atoms with Gasteiger partial charge < -0.3 is 10.5 Å². The van der Waals surface area contributed by atoms with Gasteiger partial charge in [0.1, 0.15) is 5.75 Å². The molecule has 0 spiro atoms. The highest BCUT2D eigenvalue weighted by Crippen LogP contribution is 2.53. The zero-order valence-electron chi connectivity index (χ0n) is 16.6. The predicted molar refractivity (Wildman–Crippen MR) is 109 cm³/mol. The normalized spacial score (nSPS) is 16.8. The molecule has 3 aromatic rings. The summed E-state index contributed by atoms with van der Waals surface area (Å²) in [6.07, 6.45) is -3.31. The molecule has 1 atom stereocenters. The van der Waals surface area contributed by atoms with Gasteiger partial charge in [-0.25, -0.2) is 0 Å². The van der Waals surface area contributed by atoms with E-state index < -0.39 is 18.7 Å². The lowest BCUT2D eigenvalue weighted by atomic mass is 9.82. The van der Waals surface area contributed by atoms with Crippen molar-refractivity contribution in [2.45, 2.75) is 42.8 Å². The van der Waals surface area contributed by atoms with Crippen LogP contribution in [0.2, 0.25) is 0 Å². The molecule has 1 aliphatic carbocycles. The molecule has 1 saturated carbocycles. The fraction of sp³-hybridized carbons (Fsp3) is 0.333. The molecule has 0 aliphatic heterocycles. The molecule has 0 bridgehead atoms. The Morgan fingerprint density at radius 3 is 2.29 bits per heavy atom. The van der Waals surface area contributed by atoms with Crippen LogP contribution < -0.4 is 10.5 Å². The molecule has 0 aromatic heterocycles. The van der Waals surface area contributed by atoms with Gasteiger partial charge >= 0.3 is 12.1 Å². The van der Waals surface area contributed by atoms with E-state index in [0.29, 0.717) is 6.42 Å². The predicted octanol–water partition coefficient (Wildman–Crippen LogP) is 6.02. The molecule has 0 heterocycles. The number of hydrogen-bond donors (Lipinski definition) is 1. The molecule has 31 heavy (non-hydrogen) atoms. The Morgan fingerprint density at radius 1 is 0.903 bits per heavy atom. The lowest BCUT2D eigenvalue weighted by Crippen LogP contribution is -2.41. The van der Waals surface area contributed by atoms with Crippen molar-refractivity contribution in [1.29, 1.82) is 0 Å². The Hall–Kier alpha value is -2.67. The van der Waals surface area contributed by atoms with Crippen LogP contribution in [0.3, 0.4) is 0 Å². The first kappa shape index (κ1) is 21.6. The molecule has 2 N–H and O–H groups in total. The van der Waals surface area contributed by atoms with E-state index in [4.69, 9.17) is 10.5 Å². The molecule has 0 amide bonds. The highest BCUT2D eigenvalue weighted by atomic mass is 19.4. The standard InChI is InChI=1S/C24H22F5NO/c25-23(26,24(27,28)29)15-31-18-8-3-5-16(13-18)14-21(30)22(11-12-22)20-10-4-7-17-6-1-2-9-19(17)20/h1-10,13,21H,11-12,14-15,30H2. The van der Waals surface area contributed by atoms with Crippen LogP contribution in [-0.2, 0) is 11.8 Å². The van der Waals surface area contributed by atoms with E-state index in [2.05, 4.69) is 24.3 Å². The summed E-state index contributed by atoms with van der Waals surface area (Å²) >= 11 is 0. The molecule has 1 fully saturated rings. The molecule has 3 aromatic carbocycles. The fourth-order valence-electron chi connectivity index (χ4n) is 4.10. The molecule has 0 radical (unpaired) electrons. The highest BCUT2D eigenvalue weighted by Gasteiger charge is 2.58. The molecular formula is C24H22F5NO.